The molecule has 3 heterocycles. The highest BCUT2D eigenvalue weighted by Gasteiger charge is 2.43. The number of methoxy groups -OCH3 is 1. The fraction of sp³-hybridized carbons (Fsp3) is 0.824. The first kappa shape index (κ1) is 17.7. The number of nitrogens with two attached hydrogens (primary N) is 1. The van der Waals surface area contributed by atoms with E-state index in [1.165, 1.54) is 0 Å². The second-order valence-electron chi connectivity index (χ2n) is 7.75. The van der Waals surface area contributed by atoms with E-state index in [4.69, 9.17) is 15.2 Å². The minimum absolute atomic E-state index is 0.289. The molecule has 3 fully saturated rings. The van der Waals surface area contributed by atoms with Gasteiger partial charge in [-0.2, -0.15) is 0 Å². The Kier molecular flexibility index (Phi) is 4.85. The van der Waals surface area contributed by atoms with Crippen molar-refractivity contribution in [2.24, 2.45) is 5.73 Å². The summed E-state index contributed by atoms with van der Waals surface area (Å²) in [6, 6.07) is 0.289. The Hall–Kier alpha value is -1.71. The summed E-state index contributed by atoms with van der Waals surface area (Å²) in [6.45, 7) is 4.55. The van der Waals surface area contributed by atoms with Crippen LogP contribution in [0.2, 0.25) is 0 Å². The van der Waals surface area contributed by atoms with E-state index in [1.54, 1.807) is 7.11 Å². The first-order valence-corrected chi connectivity index (χ1v) is 9.44. The summed E-state index contributed by atoms with van der Waals surface area (Å²) in [5.41, 5.74) is 5.63. The molecule has 1 saturated carbocycles. The number of aromatic nitrogens is 3. The molecule has 4 rings (SSSR count). The predicted molar refractivity (Wildman–Crippen MR) is 93.6 cm³/mol. The summed E-state index contributed by atoms with van der Waals surface area (Å²) < 4.78 is 13.0. The van der Waals surface area contributed by atoms with Gasteiger partial charge in [-0.15, -0.1) is 10.2 Å². The quantitative estimate of drug-likeness (QED) is 0.742. The van der Waals surface area contributed by atoms with Gasteiger partial charge in [0.15, 0.2) is 0 Å². The molecule has 26 heavy (non-hydrogen) atoms. The Balaban J connectivity index is 1.40. The van der Waals surface area contributed by atoms with E-state index in [-0.39, 0.29) is 17.7 Å². The summed E-state index contributed by atoms with van der Waals surface area (Å²) in [5.74, 6) is 2.44. The molecular weight excluding hydrogens is 336 g/mol. The van der Waals surface area contributed by atoms with Crippen molar-refractivity contribution >= 4 is 6.09 Å². The average Bonchev–Trinajstić information content (AvgIpc) is 3.16. The number of carbonyl (C=O) groups is 1. The minimum atomic E-state index is -0.315. The van der Waals surface area contributed by atoms with E-state index < -0.39 is 0 Å². The SMILES string of the molecule is COCCn1c(CN2CCC3(CC2)CNC(=O)O3)nnc1C1CC(N)C1. The third kappa shape index (κ3) is 3.43. The Morgan fingerprint density at radius 2 is 2.12 bits per heavy atom. The van der Waals surface area contributed by atoms with Crippen molar-refractivity contribution < 1.29 is 14.3 Å². The second kappa shape index (κ2) is 7.13. The van der Waals surface area contributed by atoms with Gasteiger partial charge in [0, 0.05) is 51.5 Å². The van der Waals surface area contributed by atoms with Gasteiger partial charge in [-0.25, -0.2) is 4.79 Å². The van der Waals surface area contributed by atoms with Gasteiger partial charge in [-0.05, 0) is 12.8 Å². The molecule has 9 heteroatoms. The van der Waals surface area contributed by atoms with Crippen LogP contribution in [0.25, 0.3) is 0 Å². The van der Waals surface area contributed by atoms with Crippen LogP contribution in [0.4, 0.5) is 4.79 Å². The fourth-order valence-corrected chi connectivity index (χ4v) is 4.17. The topological polar surface area (TPSA) is 108 Å². The Morgan fingerprint density at radius 1 is 1.35 bits per heavy atom. The third-order valence-corrected chi connectivity index (χ3v) is 5.91. The maximum absolute atomic E-state index is 11.4. The summed E-state index contributed by atoms with van der Waals surface area (Å²) >= 11 is 0. The molecule has 0 unspecified atom stereocenters. The zero-order valence-corrected chi connectivity index (χ0v) is 15.3. The Morgan fingerprint density at radius 3 is 2.73 bits per heavy atom. The van der Waals surface area contributed by atoms with E-state index in [0.29, 0.717) is 19.1 Å². The van der Waals surface area contributed by atoms with Crippen molar-refractivity contribution in [1.29, 1.82) is 0 Å². The molecule has 0 radical (unpaired) electrons. The smallest absolute Gasteiger partial charge is 0.407 e. The number of ether oxygens (including phenoxy) is 2. The van der Waals surface area contributed by atoms with Crippen molar-refractivity contribution in [1.82, 2.24) is 25.0 Å². The van der Waals surface area contributed by atoms with Gasteiger partial charge in [0.2, 0.25) is 0 Å². The number of amides is 1. The van der Waals surface area contributed by atoms with Crippen LogP contribution in [0, 0.1) is 0 Å². The molecule has 1 amide bonds. The van der Waals surface area contributed by atoms with E-state index in [0.717, 1.165) is 63.5 Å². The summed E-state index contributed by atoms with van der Waals surface area (Å²) in [5, 5.41) is 11.7. The summed E-state index contributed by atoms with van der Waals surface area (Å²) in [4.78, 5) is 13.7. The first-order valence-electron chi connectivity index (χ1n) is 9.44. The lowest BCUT2D eigenvalue weighted by atomic mass is 9.80. The number of rotatable bonds is 6. The van der Waals surface area contributed by atoms with E-state index >= 15 is 0 Å². The van der Waals surface area contributed by atoms with Gasteiger partial charge in [0.25, 0.3) is 0 Å². The lowest BCUT2D eigenvalue weighted by Crippen LogP contribution is -2.46. The van der Waals surface area contributed by atoms with E-state index in [2.05, 4.69) is 25.0 Å². The van der Waals surface area contributed by atoms with Gasteiger partial charge in [-0.3, -0.25) is 4.90 Å². The molecule has 2 saturated heterocycles. The van der Waals surface area contributed by atoms with Gasteiger partial charge in [0.1, 0.15) is 17.2 Å². The summed E-state index contributed by atoms with van der Waals surface area (Å²) in [6.07, 6.45) is 3.37. The van der Waals surface area contributed by atoms with Crippen LogP contribution >= 0.6 is 0 Å². The molecule has 0 atom stereocenters. The lowest BCUT2D eigenvalue weighted by Gasteiger charge is -2.37. The standard InChI is InChI=1S/C17H28N6O3/c1-25-7-6-23-14(20-21-15(23)12-8-13(18)9-12)10-22-4-2-17(3-5-22)11-19-16(24)26-17/h12-13H,2-11,18H2,1H3,(H,19,24). The van der Waals surface area contributed by atoms with E-state index in [1.807, 2.05) is 0 Å². The van der Waals surface area contributed by atoms with Gasteiger partial charge < -0.3 is 25.1 Å². The molecule has 0 bridgehead atoms. The second-order valence-corrected chi connectivity index (χ2v) is 7.75. The van der Waals surface area contributed by atoms with E-state index in [9.17, 15) is 4.79 Å². The van der Waals surface area contributed by atoms with Crippen LogP contribution in [0.3, 0.4) is 0 Å². The van der Waals surface area contributed by atoms with Gasteiger partial charge in [-0.1, -0.05) is 0 Å². The molecule has 1 aromatic rings. The van der Waals surface area contributed by atoms with Gasteiger partial charge >= 0.3 is 6.09 Å². The Labute approximate surface area is 153 Å². The van der Waals surface area contributed by atoms with Crippen LogP contribution in [0.5, 0.6) is 0 Å². The number of hydrogen-bond donors (Lipinski definition) is 2. The first-order chi connectivity index (χ1) is 12.6. The normalized spacial score (nSPS) is 28.0. The number of carbonyl (C=O) groups excluding carboxylic acids is 1. The van der Waals surface area contributed by atoms with Crippen molar-refractivity contribution in [3.63, 3.8) is 0 Å². The molecule has 1 aromatic heterocycles. The molecule has 3 N–H and O–H groups in total. The molecule has 0 aromatic carbocycles. The number of hydrogen-bond acceptors (Lipinski definition) is 7. The summed E-state index contributed by atoms with van der Waals surface area (Å²) in [7, 11) is 1.71. The fourth-order valence-electron chi connectivity index (χ4n) is 4.17. The molecule has 144 valence electrons. The number of nitrogens with zero attached hydrogens (tertiary/aromatic N) is 4. The van der Waals surface area contributed by atoms with Crippen molar-refractivity contribution in [3.05, 3.63) is 11.6 Å². The zero-order chi connectivity index (χ0) is 18.1. The molecule has 1 spiro atoms. The molecular formula is C17H28N6O3. The number of likely N-dealkylation sites (tertiary alicyclic amines) is 1. The molecule has 3 aliphatic rings. The van der Waals surface area contributed by atoms with Crippen LogP contribution in [-0.2, 0) is 22.6 Å². The number of nitrogens with one attached hydrogen (secondary N) is 1. The highest BCUT2D eigenvalue weighted by Crippen LogP contribution is 2.35. The van der Waals surface area contributed by atoms with Crippen molar-refractivity contribution in [2.75, 3.05) is 33.4 Å². The average molecular weight is 364 g/mol. The lowest BCUT2D eigenvalue weighted by molar-refractivity contribution is -0.00187. The Bertz CT molecular complexity index is 649. The minimum Gasteiger partial charge on any atom is -0.441 e. The molecule has 1 aliphatic carbocycles. The maximum atomic E-state index is 11.4. The van der Waals surface area contributed by atoms with Crippen LogP contribution in [0.15, 0.2) is 0 Å². The zero-order valence-electron chi connectivity index (χ0n) is 15.3. The molecule has 9 nitrogen and oxygen atoms in total. The highest BCUT2D eigenvalue weighted by molar-refractivity contribution is 5.70. The maximum Gasteiger partial charge on any atom is 0.407 e. The van der Waals surface area contributed by atoms with Crippen LogP contribution < -0.4 is 11.1 Å². The van der Waals surface area contributed by atoms with Gasteiger partial charge in [0.05, 0.1) is 19.7 Å². The highest BCUT2D eigenvalue weighted by atomic mass is 16.6. The number of alkyl carbamates (subject to hydrolysis) is 1. The third-order valence-electron chi connectivity index (χ3n) is 5.91. The van der Waals surface area contributed by atoms with Crippen molar-refractivity contribution in [3.8, 4) is 0 Å². The van der Waals surface area contributed by atoms with Crippen molar-refractivity contribution in [2.45, 2.75) is 56.3 Å². The number of piperidine rings is 1. The monoisotopic (exact) mass is 364 g/mol. The van der Waals surface area contributed by atoms with Crippen LogP contribution in [-0.4, -0.2) is 70.8 Å². The molecule has 2 aliphatic heterocycles. The van der Waals surface area contributed by atoms with Crippen LogP contribution in [0.1, 0.15) is 43.3 Å². The largest absolute Gasteiger partial charge is 0.441 e. The predicted octanol–water partition coefficient (Wildman–Crippen LogP) is 0.204.